The van der Waals surface area contributed by atoms with Crippen molar-refractivity contribution in [1.82, 2.24) is 9.97 Å². The Bertz CT molecular complexity index is 858. The molecule has 3 aromatic rings. The molecule has 0 aliphatic rings. The molecule has 2 aromatic carbocycles. The van der Waals surface area contributed by atoms with Gasteiger partial charge in [0, 0.05) is 16.3 Å². The normalized spacial score (nSPS) is 10.9. The number of nitrogens with two attached hydrogens (primary N) is 1. The van der Waals surface area contributed by atoms with Crippen LogP contribution in [0.15, 0.2) is 52.2 Å². The first-order valence-electron chi connectivity index (χ1n) is 6.61. The lowest BCUT2D eigenvalue weighted by atomic mass is 10.2. The number of para-hydroxylation sites is 2. The van der Waals surface area contributed by atoms with E-state index in [1.807, 2.05) is 49.4 Å². The van der Waals surface area contributed by atoms with E-state index in [9.17, 15) is 4.79 Å². The Labute approximate surface area is 126 Å². The maximum absolute atomic E-state index is 12.1. The maximum Gasteiger partial charge on any atom is 0.271 e. The van der Waals surface area contributed by atoms with Gasteiger partial charge in [-0.15, -0.1) is 11.8 Å². The van der Waals surface area contributed by atoms with Crippen LogP contribution in [0.4, 0.5) is 5.69 Å². The predicted molar refractivity (Wildman–Crippen MR) is 87.5 cm³/mol. The molecular weight excluding hydrogens is 282 g/mol. The van der Waals surface area contributed by atoms with Crippen molar-refractivity contribution < 1.29 is 0 Å². The standard InChI is InChI=1S/C16H15N3OS/c1-10-11(17)5-4-8-15(10)21-9-14-16(20)19-13-7-3-2-6-12(13)18-14/h2-8H,9,17H2,1H3,(H,19,20). The van der Waals surface area contributed by atoms with Gasteiger partial charge in [-0.05, 0) is 36.8 Å². The molecular formula is C16H15N3OS. The Morgan fingerprint density at radius 3 is 2.86 bits per heavy atom. The summed E-state index contributed by atoms with van der Waals surface area (Å²) in [5.41, 5.74) is 9.66. The van der Waals surface area contributed by atoms with Crippen molar-refractivity contribution in [3.63, 3.8) is 0 Å². The molecule has 21 heavy (non-hydrogen) atoms. The monoisotopic (exact) mass is 297 g/mol. The molecule has 0 amide bonds. The molecule has 106 valence electrons. The van der Waals surface area contributed by atoms with E-state index in [1.54, 1.807) is 11.8 Å². The van der Waals surface area contributed by atoms with Gasteiger partial charge in [-0.25, -0.2) is 4.98 Å². The summed E-state index contributed by atoms with van der Waals surface area (Å²) in [5.74, 6) is 0.518. The van der Waals surface area contributed by atoms with Crippen molar-refractivity contribution in [1.29, 1.82) is 0 Å². The van der Waals surface area contributed by atoms with Gasteiger partial charge >= 0.3 is 0 Å². The average Bonchev–Trinajstić information content (AvgIpc) is 2.49. The Kier molecular flexibility index (Phi) is 3.66. The summed E-state index contributed by atoms with van der Waals surface area (Å²) in [4.78, 5) is 20.4. The number of hydrogen-bond donors (Lipinski definition) is 2. The first-order valence-corrected chi connectivity index (χ1v) is 7.59. The third-order valence-corrected chi connectivity index (χ3v) is 4.53. The molecule has 5 heteroatoms. The molecule has 1 heterocycles. The zero-order chi connectivity index (χ0) is 14.8. The second kappa shape index (κ2) is 5.61. The van der Waals surface area contributed by atoms with Gasteiger partial charge in [-0.1, -0.05) is 18.2 Å². The summed E-state index contributed by atoms with van der Waals surface area (Å²) in [7, 11) is 0. The number of nitrogens with zero attached hydrogens (tertiary/aromatic N) is 1. The zero-order valence-electron chi connectivity index (χ0n) is 11.6. The van der Waals surface area contributed by atoms with Crippen LogP contribution in [0.2, 0.25) is 0 Å². The predicted octanol–water partition coefficient (Wildman–Crippen LogP) is 3.11. The number of nitrogen functional groups attached to an aromatic ring is 1. The van der Waals surface area contributed by atoms with Crippen LogP contribution in [0, 0.1) is 6.92 Å². The second-order valence-corrected chi connectivity index (χ2v) is 5.81. The summed E-state index contributed by atoms with van der Waals surface area (Å²) >= 11 is 1.57. The number of aromatic amines is 1. The topological polar surface area (TPSA) is 71.8 Å². The van der Waals surface area contributed by atoms with Crippen molar-refractivity contribution in [2.45, 2.75) is 17.6 Å². The minimum absolute atomic E-state index is 0.136. The molecule has 0 unspecified atom stereocenters. The minimum atomic E-state index is -0.136. The first-order chi connectivity index (χ1) is 10.1. The number of hydrogen-bond acceptors (Lipinski definition) is 4. The first kappa shape index (κ1) is 13.7. The lowest BCUT2D eigenvalue weighted by molar-refractivity contribution is 1.10. The fourth-order valence-electron chi connectivity index (χ4n) is 2.10. The summed E-state index contributed by atoms with van der Waals surface area (Å²) in [6.45, 7) is 1.98. The fourth-order valence-corrected chi connectivity index (χ4v) is 3.10. The molecule has 0 radical (unpaired) electrons. The Morgan fingerprint density at radius 1 is 1.19 bits per heavy atom. The average molecular weight is 297 g/mol. The lowest BCUT2D eigenvalue weighted by Gasteiger charge is -2.07. The van der Waals surface area contributed by atoms with Crippen LogP contribution in [0.1, 0.15) is 11.3 Å². The van der Waals surface area contributed by atoms with Crippen LogP contribution in [-0.2, 0) is 5.75 Å². The molecule has 0 saturated carbocycles. The van der Waals surface area contributed by atoms with Gasteiger partial charge in [0.25, 0.3) is 5.56 Å². The van der Waals surface area contributed by atoms with Crippen molar-refractivity contribution in [2.75, 3.05) is 5.73 Å². The van der Waals surface area contributed by atoms with Crippen LogP contribution in [-0.4, -0.2) is 9.97 Å². The molecule has 3 rings (SSSR count). The summed E-state index contributed by atoms with van der Waals surface area (Å²) in [5, 5.41) is 0. The van der Waals surface area contributed by atoms with Crippen molar-refractivity contribution in [2.24, 2.45) is 0 Å². The number of anilines is 1. The van der Waals surface area contributed by atoms with Crippen molar-refractivity contribution in [3.05, 3.63) is 64.1 Å². The van der Waals surface area contributed by atoms with E-state index in [2.05, 4.69) is 9.97 Å². The summed E-state index contributed by atoms with van der Waals surface area (Å²) in [6.07, 6.45) is 0. The van der Waals surface area contributed by atoms with Crippen LogP contribution in [0.3, 0.4) is 0 Å². The third kappa shape index (κ3) is 2.78. The SMILES string of the molecule is Cc1c(N)cccc1SCc1nc2ccccc2[nH]c1=O. The molecule has 0 saturated heterocycles. The van der Waals surface area contributed by atoms with Crippen molar-refractivity contribution in [3.8, 4) is 0 Å². The molecule has 4 nitrogen and oxygen atoms in total. The number of fused-ring (bicyclic) bond motifs is 1. The van der Waals surface area contributed by atoms with Crippen LogP contribution < -0.4 is 11.3 Å². The highest BCUT2D eigenvalue weighted by atomic mass is 32.2. The molecule has 3 N–H and O–H groups in total. The smallest absolute Gasteiger partial charge is 0.271 e. The zero-order valence-corrected chi connectivity index (χ0v) is 12.4. The van der Waals surface area contributed by atoms with E-state index in [0.717, 1.165) is 27.2 Å². The van der Waals surface area contributed by atoms with E-state index in [-0.39, 0.29) is 5.56 Å². The highest BCUT2D eigenvalue weighted by Gasteiger charge is 2.07. The van der Waals surface area contributed by atoms with Gasteiger partial charge in [0.15, 0.2) is 0 Å². The van der Waals surface area contributed by atoms with E-state index in [0.29, 0.717) is 11.4 Å². The van der Waals surface area contributed by atoms with Gasteiger partial charge in [0.2, 0.25) is 0 Å². The number of nitrogens with one attached hydrogen (secondary N) is 1. The summed E-state index contributed by atoms with van der Waals surface area (Å²) < 4.78 is 0. The number of thioether (sulfide) groups is 1. The highest BCUT2D eigenvalue weighted by molar-refractivity contribution is 7.98. The molecule has 0 fully saturated rings. The molecule has 0 bridgehead atoms. The molecule has 0 spiro atoms. The fraction of sp³-hybridized carbons (Fsp3) is 0.125. The van der Waals surface area contributed by atoms with E-state index < -0.39 is 0 Å². The molecule has 1 aromatic heterocycles. The van der Waals surface area contributed by atoms with Gasteiger partial charge < -0.3 is 10.7 Å². The van der Waals surface area contributed by atoms with Crippen LogP contribution >= 0.6 is 11.8 Å². The number of aromatic nitrogens is 2. The summed E-state index contributed by atoms with van der Waals surface area (Å²) in [6, 6.07) is 13.3. The van der Waals surface area contributed by atoms with Gasteiger partial charge in [-0.2, -0.15) is 0 Å². The van der Waals surface area contributed by atoms with Gasteiger partial charge in [0.05, 0.1) is 11.0 Å². The van der Waals surface area contributed by atoms with Crippen LogP contribution in [0.5, 0.6) is 0 Å². The van der Waals surface area contributed by atoms with E-state index >= 15 is 0 Å². The third-order valence-electron chi connectivity index (χ3n) is 3.36. The second-order valence-electron chi connectivity index (χ2n) is 4.79. The van der Waals surface area contributed by atoms with E-state index in [1.165, 1.54) is 0 Å². The quantitative estimate of drug-likeness (QED) is 0.575. The Hall–Kier alpha value is -2.27. The molecule has 0 atom stereocenters. The van der Waals surface area contributed by atoms with Crippen molar-refractivity contribution >= 4 is 28.5 Å². The Morgan fingerprint density at radius 2 is 2.00 bits per heavy atom. The van der Waals surface area contributed by atoms with Gasteiger partial charge in [0.1, 0.15) is 5.69 Å². The largest absolute Gasteiger partial charge is 0.398 e. The maximum atomic E-state index is 12.1. The number of H-pyrrole nitrogens is 1. The minimum Gasteiger partial charge on any atom is -0.398 e. The molecule has 0 aliphatic heterocycles. The lowest BCUT2D eigenvalue weighted by Crippen LogP contribution is -2.14. The highest BCUT2D eigenvalue weighted by Crippen LogP contribution is 2.28. The van der Waals surface area contributed by atoms with E-state index in [4.69, 9.17) is 5.73 Å². The van der Waals surface area contributed by atoms with Gasteiger partial charge in [-0.3, -0.25) is 4.79 Å². The Balaban J connectivity index is 1.90. The number of rotatable bonds is 3. The number of benzene rings is 2. The molecule has 0 aliphatic carbocycles. The van der Waals surface area contributed by atoms with Crippen LogP contribution in [0.25, 0.3) is 11.0 Å².